The molecule has 3 unspecified atom stereocenters. The van der Waals surface area contributed by atoms with E-state index < -0.39 is 28.2 Å². The molecule has 0 aromatic carbocycles. The van der Waals surface area contributed by atoms with Crippen molar-refractivity contribution in [2.75, 3.05) is 19.7 Å². The van der Waals surface area contributed by atoms with Crippen LogP contribution in [-0.2, 0) is 14.4 Å². The zero-order valence-corrected chi connectivity index (χ0v) is 25.3. The summed E-state index contributed by atoms with van der Waals surface area (Å²) in [4.78, 5) is 43.2. The molecule has 6 atom stereocenters. The predicted octanol–water partition coefficient (Wildman–Crippen LogP) is 3.86. The Hall–Kier alpha value is -0.800. The summed E-state index contributed by atoms with van der Waals surface area (Å²) in [6.45, 7) is 13.9. The van der Waals surface area contributed by atoms with Crippen molar-refractivity contribution in [2.45, 2.75) is 113 Å². The van der Waals surface area contributed by atoms with E-state index in [4.69, 9.17) is 5.11 Å². The first-order valence-corrected chi connectivity index (χ1v) is 15.4. The number of likely N-dealkylation sites (tertiary alicyclic amines) is 1. The van der Waals surface area contributed by atoms with Crippen LogP contribution in [-0.4, -0.2) is 73.8 Å². The largest absolute Gasteiger partial charge is 0.396 e. The first-order valence-electron chi connectivity index (χ1n) is 13.6. The third kappa shape index (κ3) is 6.09. The number of hydrogen-bond donors (Lipinski definition) is 3. The van der Waals surface area contributed by atoms with Crippen LogP contribution < -0.4 is 10.6 Å². The summed E-state index contributed by atoms with van der Waals surface area (Å²) in [5, 5.41) is 15.4. The minimum Gasteiger partial charge on any atom is -0.396 e. The first kappa shape index (κ1) is 29.8. The Morgan fingerprint density at radius 2 is 1.81 bits per heavy atom. The molecule has 7 nitrogen and oxygen atoms in total. The third-order valence-electron chi connectivity index (χ3n) is 7.63. The number of aliphatic hydroxyl groups excluding tert-OH is 1. The number of amides is 3. The number of halogens is 1. The van der Waals surface area contributed by atoms with Gasteiger partial charge in [-0.2, -0.15) is 0 Å². The van der Waals surface area contributed by atoms with Crippen LogP contribution in [0.1, 0.15) is 86.5 Å². The lowest BCUT2D eigenvalue weighted by atomic mass is 9.70. The number of fused-ring (bicyclic) bond motifs is 1. The number of nitrogens with zero attached hydrogens (tertiary/aromatic N) is 1. The molecule has 3 rings (SSSR count). The van der Waals surface area contributed by atoms with Crippen LogP contribution in [0.2, 0.25) is 0 Å². The summed E-state index contributed by atoms with van der Waals surface area (Å²) in [6.07, 6.45) is 5.66. The summed E-state index contributed by atoms with van der Waals surface area (Å²) >= 11 is 5.51. The zero-order chi connectivity index (χ0) is 26.9. The average molecular weight is 589 g/mol. The van der Waals surface area contributed by atoms with E-state index >= 15 is 0 Å². The Balaban J connectivity index is 1.91. The van der Waals surface area contributed by atoms with Crippen LogP contribution in [0.25, 0.3) is 0 Å². The summed E-state index contributed by atoms with van der Waals surface area (Å²) in [6, 6.07) is -0.592. The number of nitrogens with one attached hydrogen (secondary N) is 2. The van der Waals surface area contributed by atoms with Crippen LogP contribution in [0, 0.1) is 17.3 Å². The minimum atomic E-state index is -0.600. The summed E-state index contributed by atoms with van der Waals surface area (Å²) in [5.41, 5.74) is -0.383. The second-order valence-electron chi connectivity index (χ2n) is 12.7. The fourth-order valence-electron chi connectivity index (χ4n) is 6.86. The van der Waals surface area contributed by atoms with E-state index in [1.165, 1.54) is 0 Å². The minimum absolute atomic E-state index is 0.0135. The molecule has 3 fully saturated rings. The molecule has 3 aliphatic rings. The number of alkyl halides is 1. The SMILES string of the molecule is CCCNC(=O)[C@H]1[C@@H]2SC3(CC2Br)C(C(=O)NC(C)(C)CC(C)(C)C)N(CCCCCCO)C(=O)[C@H]13. The van der Waals surface area contributed by atoms with E-state index in [2.05, 4.69) is 61.2 Å². The number of unbranched alkanes of at least 4 members (excludes halogenated alkanes) is 3. The molecule has 0 aliphatic carbocycles. The number of hydrogen-bond acceptors (Lipinski definition) is 5. The lowest BCUT2D eigenvalue weighted by Gasteiger charge is -2.39. The van der Waals surface area contributed by atoms with E-state index in [0.717, 1.165) is 38.5 Å². The predicted molar refractivity (Wildman–Crippen MR) is 149 cm³/mol. The van der Waals surface area contributed by atoms with Crippen LogP contribution in [0.3, 0.4) is 0 Å². The van der Waals surface area contributed by atoms with Crippen molar-refractivity contribution in [3.8, 4) is 0 Å². The maximum absolute atomic E-state index is 14.1. The third-order valence-corrected chi connectivity index (χ3v) is 10.9. The van der Waals surface area contributed by atoms with Gasteiger partial charge in [0.2, 0.25) is 17.7 Å². The van der Waals surface area contributed by atoms with Crippen LogP contribution >= 0.6 is 27.7 Å². The van der Waals surface area contributed by atoms with Gasteiger partial charge >= 0.3 is 0 Å². The van der Waals surface area contributed by atoms with Gasteiger partial charge in [-0.15, -0.1) is 11.8 Å². The Morgan fingerprint density at radius 1 is 1.14 bits per heavy atom. The molecular weight excluding hydrogens is 542 g/mol. The van der Waals surface area contributed by atoms with E-state index in [0.29, 0.717) is 19.5 Å². The van der Waals surface area contributed by atoms with Gasteiger partial charge in [0.25, 0.3) is 0 Å². The number of rotatable bonds is 12. The summed E-state index contributed by atoms with van der Waals surface area (Å²) < 4.78 is -0.600. The highest BCUT2D eigenvalue weighted by atomic mass is 79.9. The molecule has 0 aromatic heterocycles. The molecule has 0 saturated carbocycles. The number of carbonyl (C=O) groups excluding carboxylic acids is 3. The van der Waals surface area contributed by atoms with Gasteiger partial charge in [-0.25, -0.2) is 0 Å². The quantitative estimate of drug-likeness (QED) is 0.238. The molecule has 9 heteroatoms. The van der Waals surface area contributed by atoms with Gasteiger partial charge in [0, 0.05) is 35.3 Å². The molecule has 3 saturated heterocycles. The average Bonchev–Trinajstić information content (AvgIpc) is 3.33. The van der Waals surface area contributed by atoms with Gasteiger partial charge in [-0.05, 0) is 51.4 Å². The summed E-state index contributed by atoms with van der Waals surface area (Å²) in [7, 11) is 0. The number of aliphatic hydroxyl groups is 1. The van der Waals surface area contributed by atoms with Gasteiger partial charge in [0.15, 0.2) is 0 Å². The summed E-state index contributed by atoms with van der Waals surface area (Å²) in [5.74, 6) is -1.10. The highest BCUT2D eigenvalue weighted by Gasteiger charge is 2.75. The monoisotopic (exact) mass is 587 g/mol. The van der Waals surface area contributed by atoms with E-state index in [-0.39, 0.29) is 39.8 Å². The number of thioether (sulfide) groups is 1. The van der Waals surface area contributed by atoms with Crippen molar-refractivity contribution >= 4 is 45.4 Å². The maximum Gasteiger partial charge on any atom is 0.244 e. The van der Waals surface area contributed by atoms with Crippen LogP contribution in [0.15, 0.2) is 0 Å². The van der Waals surface area contributed by atoms with Crippen molar-refractivity contribution in [1.82, 2.24) is 15.5 Å². The second-order valence-corrected chi connectivity index (χ2v) is 15.5. The number of carbonyl (C=O) groups is 3. The van der Waals surface area contributed by atoms with Crippen molar-refractivity contribution in [3.63, 3.8) is 0 Å². The van der Waals surface area contributed by atoms with Gasteiger partial charge in [-0.3, -0.25) is 14.4 Å². The highest BCUT2D eigenvalue weighted by molar-refractivity contribution is 9.09. The Kier molecular flexibility index (Phi) is 9.52. The molecule has 0 aromatic rings. The topological polar surface area (TPSA) is 98.7 Å². The molecule has 0 radical (unpaired) electrons. The lowest BCUT2D eigenvalue weighted by molar-refractivity contribution is -0.140. The van der Waals surface area contributed by atoms with E-state index in [9.17, 15) is 14.4 Å². The second kappa shape index (κ2) is 11.5. The fourth-order valence-corrected chi connectivity index (χ4v) is 10.5. The molecule has 206 valence electrons. The van der Waals surface area contributed by atoms with E-state index in [1.54, 1.807) is 16.7 Å². The normalized spacial score (nSPS) is 31.6. The molecule has 3 heterocycles. The zero-order valence-electron chi connectivity index (χ0n) is 22.9. The van der Waals surface area contributed by atoms with Crippen molar-refractivity contribution in [3.05, 3.63) is 0 Å². The Bertz CT molecular complexity index is 832. The van der Waals surface area contributed by atoms with Gasteiger partial charge in [0.05, 0.1) is 16.6 Å². The van der Waals surface area contributed by atoms with Crippen LogP contribution in [0.5, 0.6) is 0 Å². The van der Waals surface area contributed by atoms with Crippen molar-refractivity contribution in [2.24, 2.45) is 17.3 Å². The first-order chi connectivity index (χ1) is 16.8. The Labute approximate surface area is 229 Å². The molecule has 3 aliphatic heterocycles. The fraction of sp³-hybridized carbons (Fsp3) is 0.889. The highest BCUT2D eigenvalue weighted by Crippen LogP contribution is 2.67. The molecule has 3 N–H and O–H groups in total. The molecule has 2 bridgehead atoms. The van der Waals surface area contributed by atoms with Crippen LogP contribution in [0.4, 0.5) is 0 Å². The van der Waals surface area contributed by atoms with Crippen molar-refractivity contribution in [1.29, 1.82) is 0 Å². The smallest absolute Gasteiger partial charge is 0.244 e. The molecular formula is C27H46BrN3O4S. The van der Waals surface area contributed by atoms with Gasteiger partial charge in [0.1, 0.15) is 6.04 Å². The lowest BCUT2D eigenvalue weighted by Crippen LogP contribution is -2.58. The van der Waals surface area contributed by atoms with Gasteiger partial charge in [-0.1, -0.05) is 56.5 Å². The Morgan fingerprint density at radius 3 is 2.42 bits per heavy atom. The van der Waals surface area contributed by atoms with E-state index in [1.807, 2.05) is 6.92 Å². The molecule has 36 heavy (non-hydrogen) atoms. The maximum atomic E-state index is 14.1. The van der Waals surface area contributed by atoms with Crippen molar-refractivity contribution < 1.29 is 19.5 Å². The standard InChI is InChI=1S/C27H46BrN3O4S/c1-7-12-29-22(33)18-19-24(35)31(13-10-8-9-11-14-32)21(27(19)15-17(28)20(18)36-27)23(34)30-26(5,6)16-25(2,3)4/h17-21,32H,7-16H2,1-6H3,(H,29,33)(H,30,34)/t17?,18-,19+,20-,21?,27?/m1/s1. The molecule has 3 amide bonds. The van der Waals surface area contributed by atoms with Gasteiger partial charge < -0.3 is 20.6 Å². The molecule has 1 spiro atoms.